The van der Waals surface area contributed by atoms with Gasteiger partial charge in [0, 0.05) is 29.5 Å². The number of fused-ring (bicyclic) bond motifs is 1. The zero-order valence-electron chi connectivity index (χ0n) is 28.2. The highest BCUT2D eigenvalue weighted by molar-refractivity contribution is 6.18. The van der Waals surface area contributed by atoms with Gasteiger partial charge in [-0.15, -0.1) is 0 Å². The van der Waals surface area contributed by atoms with E-state index in [0.717, 1.165) is 44.6 Å². The number of esters is 1. The number of carbonyl (C=O) groups is 3. The number of benzene rings is 3. The molecule has 1 N–H and O–H groups in total. The minimum atomic E-state index is -0.549. The fourth-order valence-corrected chi connectivity index (χ4v) is 5.55. The molecule has 1 amide bonds. The number of ketones is 1. The number of hydrogen-bond donors (Lipinski definition) is 1. The molecule has 0 atom stereocenters. The molecule has 4 rings (SSSR count). The van der Waals surface area contributed by atoms with Crippen LogP contribution in [0.15, 0.2) is 71.1 Å². The number of methoxy groups -OCH3 is 1. The quantitative estimate of drug-likeness (QED) is 0.0622. The molecule has 0 unspecified atom stereocenters. The van der Waals surface area contributed by atoms with Gasteiger partial charge in [-0.1, -0.05) is 52.2 Å². The standard InChI is InChI=1S/C39H48N2O6/c1-5-8-16-35-36(37(42)28-17-20-30(21-18-28)46-26-13-25-41(23-9-6-2)24-10-7-3)32-27-29(19-22-34(32)47-35)38(43)40-33-15-12-11-14-31(33)39(44)45-4/h11-12,14-15,17-22,27H,5-10,13,16,23-26H2,1-4H3,(H,40,43). The maximum absolute atomic E-state index is 14.0. The van der Waals surface area contributed by atoms with E-state index in [4.69, 9.17) is 13.9 Å². The van der Waals surface area contributed by atoms with E-state index >= 15 is 0 Å². The van der Waals surface area contributed by atoms with Crippen LogP contribution in [-0.2, 0) is 11.2 Å². The van der Waals surface area contributed by atoms with Crippen LogP contribution in [-0.4, -0.2) is 55.9 Å². The van der Waals surface area contributed by atoms with E-state index < -0.39 is 11.9 Å². The number of amides is 1. The average Bonchev–Trinajstić information content (AvgIpc) is 3.47. The van der Waals surface area contributed by atoms with Crippen LogP contribution in [0, 0.1) is 0 Å². The summed E-state index contributed by atoms with van der Waals surface area (Å²) in [6.45, 7) is 10.4. The zero-order valence-corrected chi connectivity index (χ0v) is 28.2. The summed E-state index contributed by atoms with van der Waals surface area (Å²) in [5.41, 5.74) is 2.44. The monoisotopic (exact) mass is 640 g/mol. The van der Waals surface area contributed by atoms with Gasteiger partial charge < -0.3 is 24.1 Å². The fourth-order valence-electron chi connectivity index (χ4n) is 5.55. The Morgan fingerprint density at radius 3 is 2.13 bits per heavy atom. The number of carbonyl (C=O) groups excluding carboxylic acids is 3. The van der Waals surface area contributed by atoms with Crippen LogP contribution >= 0.6 is 0 Å². The van der Waals surface area contributed by atoms with Gasteiger partial charge in [0.25, 0.3) is 5.91 Å². The van der Waals surface area contributed by atoms with Crippen LogP contribution in [0.4, 0.5) is 5.69 Å². The number of furan rings is 1. The van der Waals surface area contributed by atoms with E-state index in [9.17, 15) is 14.4 Å². The number of unbranched alkanes of at least 4 members (excludes halogenated alkanes) is 3. The molecule has 1 heterocycles. The number of ether oxygens (including phenoxy) is 2. The lowest BCUT2D eigenvalue weighted by Gasteiger charge is -2.21. The molecule has 0 saturated carbocycles. The number of aryl methyl sites for hydroxylation is 1. The Balaban J connectivity index is 1.50. The molecule has 1 aromatic heterocycles. The molecule has 0 radical (unpaired) electrons. The van der Waals surface area contributed by atoms with Crippen molar-refractivity contribution in [3.63, 3.8) is 0 Å². The Morgan fingerprint density at radius 1 is 0.787 bits per heavy atom. The SMILES string of the molecule is CCCCc1oc2ccc(C(=O)Nc3ccccc3C(=O)OC)cc2c1C(=O)c1ccc(OCCCN(CCCC)CCCC)cc1. The van der Waals surface area contributed by atoms with Crippen molar-refractivity contribution >= 4 is 34.3 Å². The summed E-state index contributed by atoms with van der Waals surface area (Å²) in [6, 6.07) is 19.0. The summed E-state index contributed by atoms with van der Waals surface area (Å²) in [4.78, 5) is 42.1. The average molecular weight is 641 g/mol. The molecule has 0 aliphatic heterocycles. The minimum Gasteiger partial charge on any atom is -0.494 e. The van der Waals surface area contributed by atoms with Crippen molar-refractivity contribution in [1.29, 1.82) is 0 Å². The highest BCUT2D eigenvalue weighted by Gasteiger charge is 2.23. The second kappa shape index (κ2) is 18.0. The second-order valence-electron chi connectivity index (χ2n) is 11.8. The molecule has 0 spiro atoms. The summed E-state index contributed by atoms with van der Waals surface area (Å²) < 4.78 is 17.1. The molecule has 8 heteroatoms. The van der Waals surface area contributed by atoms with Crippen LogP contribution in [0.3, 0.4) is 0 Å². The van der Waals surface area contributed by atoms with Crippen molar-refractivity contribution in [3.05, 3.63) is 94.7 Å². The van der Waals surface area contributed by atoms with E-state index in [-0.39, 0.29) is 11.3 Å². The maximum atomic E-state index is 14.0. The van der Waals surface area contributed by atoms with Crippen LogP contribution in [0.5, 0.6) is 5.75 Å². The summed E-state index contributed by atoms with van der Waals surface area (Å²) >= 11 is 0. The topological polar surface area (TPSA) is 98.1 Å². The van der Waals surface area contributed by atoms with Crippen molar-refractivity contribution in [3.8, 4) is 5.75 Å². The Morgan fingerprint density at radius 2 is 1.45 bits per heavy atom. The van der Waals surface area contributed by atoms with Gasteiger partial charge in [-0.25, -0.2) is 4.79 Å². The summed E-state index contributed by atoms with van der Waals surface area (Å²) in [5, 5.41) is 3.38. The molecule has 0 bridgehead atoms. The lowest BCUT2D eigenvalue weighted by atomic mass is 9.97. The zero-order chi connectivity index (χ0) is 33.6. The molecular weight excluding hydrogens is 592 g/mol. The third-order valence-electron chi connectivity index (χ3n) is 8.25. The molecule has 47 heavy (non-hydrogen) atoms. The molecule has 0 saturated heterocycles. The summed E-state index contributed by atoms with van der Waals surface area (Å²) in [5.74, 6) is 0.199. The Bertz CT molecular complexity index is 1620. The number of nitrogens with zero attached hydrogens (tertiary/aromatic N) is 1. The van der Waals surface area contributed by atoms with E-state index in [1.807, 2.05) is 12.1 Å². The number of para-hydroxylation sites is 1. The van der Waals surface area contributed by atoms with Crippen LogP contribution < -0.4 is 10.1 Å². The van der Waals surface area contributed by atoms with Crippen LogP contribution in [0.25, 0.3) is 11.0 Å². The van der Waals surface area contributed by atoms with Gasteiger partial charge in [0.2, 0.25) is 0 Å². The molecular formula is C39H48N2O6. The first-order valence-electron chi connectivity index (χ1n) is 16.9. The summed E-state index contributed by atoms with van der Waals surface area (Å²) in [6.07, 6.45) is 8.18. The van der Waals surface area contributed by atoms with Crippen molar-refractivity contribution in [2.45, 2.75) is 72.1 Å². The van der Waals surface area contributed by atoms with Gasteiger partial charge >= 0.3 is 5.97 Å². The lowest BCUT2D eigenvalue weighted by molar-refractivity contribution is 0.0601. The Labute approximate surface area is 278 Å². The fraction of sp³-hybridized carbons (Fsp3) is 0.410. The first-order chi connectivity index (χ1) is 22.9. The predicted octanol–water partition coefficient (Wildman–Crippen LogP) is 8.72. The minimum absolute atomic E-state index is 0.169. The number of hydrogen-bond acceptors (Lipinski definition) is 7. The summed E-state index contributed by atoms with van der Waals surface area (Å²) in [7, 11) is 1.29. The molecule has 8 nitrogen and oxygen atoms in total. The van der Waals surface area contributed by atoms with E-state index in [1.54, 1.807) is 54.6 Å². The first kappa shape index (κ1) is 35.4. The van der Waals surface area contributed by atoms with Crippen molar-refractivity contribution < 1.29 is 28.3 Å². The van der Waals surface area contributed by atoms with Gasteiger partial charge in [-0.2, -0.15) is 0 Å². The molecule has 4 aromatic rings. The van der Waals surface area contributed by atoms with E-state index in [0.29, 0.717) is 52.1 Å². The molecule has 0 fully saturated rings. The van der Waals surface area contributed by atoms with Crippen LogP contribution in [0.2, 0.25) is 0 Å². The third-order valence-corrected chi connectivity index (χ3v) is 8.25. The highest BCUT2D eigenvalue weighted by Crippen LogP contribution is 2.31. The number of rotatable bonds is 19. The number of anilines is 1. The third kappa shape index (κ3) is 9.55. The van der Waals surface area contributed by atoms with Gasteiger partial charge in [0.1, 0.15) is 17.1 Å². The predicted molar refractivity (Wildman–Crippen MR) is 187 cm³/mol. The normalized spacial score (nSPS) is 11.2. The lowest BCUT2D eigenvalue weighted by Crippen LogP contribution is -2.28. The largest absolute Gasteiger partial charge is 0.494 e. The Kier molecular flexibility index (Phi) is 13.6. The van der Waals surface area contributed by atoms with Gasteiger partial charge in [-0.05, 0) is 93.4 Å². The first-order valence-corrected chi connectivity index (χ1v) is 16.9. The smallest absolute Gasteiger partial charge is 0.339 e. The van der Waals surface area contributed by atoms with Gasteiger partial charge in [0.05, 0.1) is 30.5 Å². The van der Waals surface area contributed by atoms with Gasteiger partial charge in [0.15, 0.2) is 5.78 Å². The number of nitrogens with one attached hydrogen (secondary N) is 1. The van der Waals surface area contributed by atoms with Crippen molar-refractivity contribution in [1.82, 2.24) is 4.90 Å². The molecule has 0 aliphatic carbocycles. The molecule has 250 valence electrons. The maximum Gasteiger partial charge on any atom is 0.339 e. The second-order valence-corrected chi connectivity index (χ2v) is 11.8. The van der Waals surface area contributed by atoms with E-state index in [2.05, 4.69) is 31.0 Å². The van der Waals surface area contributed by atoms with Crippen molar-refractivity contribution in [2.75, 3.05) is 38.7 Å². The molecule has 0 aliphatic rings. The molecule has 3 aromatic carbocycles. The van der Waals surface area contributed by atoms with Gasteiger partial charge in [-0.3, -0.25) is 9.59 Å². The van der Waals surface area contributed by atoms with Crippen molar-refractivity contribution in [2.24, 2.45) is 0 Å². The van der Waals surface area contributed by atoms with E-state index in [1.165, 1.54) is 32.8 Å². The van der Waals surface area contributed by atoms with Crippen LogP contribution in [0.1, 0.15) is 108 Å². The highest BCUT2D eigenvalue weighted by atomic mass is 16.5. The Hall–Kier alpha value is -4.43.